The van der Waals surface area contributed by atoms with Gasteiger partial charge in [0.25, 0.3) is 5.22 Å². The highest BCUT2D eigenvalue weighted by Crippen LogP contribution is 2.27. The van der Waals surface area contributed by atoms with Gasteiger partial charge in [0, 0.05) is 5.75 Å². The van der Waals surface area contributed by atoms with Crippen LogP contribution in [0.15, 0.2) is 9.64 Å². The molecule has 0 spiro atoms. The third-order valence-corrected chi connectivity index (χ3v) is 3.43. The van der Waals surface area contributed by atoms with Gasteiger partial charge < -0.3 is 13.9 Å². The largest absolute Gasteiger partial charge is 0.469 e. The molecular weight excluding hydrogens is 272 g/mol. The molecule has 0 amide bonds. The summed E-state index contributed by atoms with van der Waals surface area (Å²) in [6.07, 6.45) is 0. The summed E-state index contributed by atoms with van der Waals surface area (Å²) in [5.41, 5.74) is -0.683. The number of aromatic nitrogens is 2. The van der Waals surface area contributed by atoms with Gasteiger partial charge in [0.2, 0.25) is 0 Å². The van der Waals surface area contributed by atoms with Crippen LogP contribution in [-0.2, 0) is 14.3 Å². The number of thioether (sulfide) groups is 1. The van der Waals surface area contributed by atoms with E-state index in [2.05, 4.69) is 14.9 Å². The molecule has 0 aliphatic carbocycles. The molecule has 1 aromatic heterocycles. The molecule has 0 aliphatic rings. The Hall–Kier alpha value is -1.57. The van der Waals surface area contributed by atoms with E-state index in [-0.39, 0.29) is 23.7 Å². The number of esters is 2. The molecule has 0 aromatic carbocycles. The minimum atomic E-state index is -0.683. The van der Waals surface area contributed by atoms with Crippen molar-refractivity contribution in [1.29, 1.82) is 0 Å². The Bertz CT molecular complexity index is 458. The van der Waals surface area contributed by atoms with Gasteiger partial charge in [0.05, 0.1) is 19.1 Å². The van der Waals surface area contributed by atoms with Crippen LogP contribution in [0.2, 0.25) is 0 Å². The maximum absolute atomic E-state index is 11.5. The molecule has 0 atom stereocenters. The van der Waals surface area contributed by atoms with Gasteiger partial charge in [-0.1, -0.05) is 16.9 Å². The molecule has 106 valence electrons. The van der Waals surface area contributed by atoms with Crippen LogP contribution >= 0.6 is 11.8 Å². The van der Waals surface area contributed by atoms with E-state index in [0.29, 0.717) is 5.75 Å². The van der Waals surface area contributed by atoms with E-state index in [1.54, 1.807) is 20.8 Å². The fourth-order valence-corrected chi connectivity index (χ4v) is 1.96. The third kappa shape index (κ3) is 4.23. The standard InChI is InChI=1S/C11H16N2O5S/c1-5-17-8(14)7-12-13-10(18-7)19-6-11(2,3)9(15)16-4/h5-6H2,1-4H3. The van der Waals surface area contributed by atoms with Crippen LogP contribution in [0.3, 0.4) is 0 Å². The molecule has 7 nitrogen and oxygen atoms in total. The number of carbonyl (C=O) groups is 2. The summed E-state index contributed by atoms with van der Waals surface area (Å²) in [4.78, 5) is 22.8. The molecule has 1 heterocycles. The van der Waals surface area contributed by atoms with E-state index < -0.39 is 11.4 Å². The molecule has 8 heteroatoms. The maximum atomic E-state index is 11.5. The van der Waals surface area contributed by atoms with Crippen molar-refractivity contribution in [3.63, 3.8) is 0 Å². The SMILES string of the molecule is CCOC(=O)c1nnc(SCC(C)(C)C(=O)OC)o1. The predicted molar refractivity (Wildman–Crippen MR) is 66.8 cm³/mol. The van der Waals surface area contributed by atoms with Gasteiger partial charge in [0.15, 0.2) is 0 Å². The number of nitrogens with zero attached hydrogens (tertiary/aromatic N) is 2. The molecule has 1 rings (SSSR count). The molecule has 0 unspecified atom stereocenters. The molecule has 0 N–H and O–H groups in total. The van der Waals surface area contributed by atoms with Crippen molar-refractivity contribution in [2.75, 3.05) is 19.5 Å². The summed E-state index contributed by atoms with van der Waals surface area (Å²) >= 11 is 1.18. The molecule has 0 fully saturated rings. The van der Waals surface area contributed by atoms with Gasteiger partial charge in [-0.3, -0.25) is 4.79 Å². The second-order valence-electron chi connectivity index (χ2n) is 4.26. The van der Waals surface area contributed by atoms with Crippen LogP contribution < -0.4 is 0 Å². The van der Waals surface area contributed by atoms with E-state index in [4.69, 9.17) is 9.15 Å². The fraction of sp³-hybridized carbons (Fsp3) is 0.636. The Morgan fingerprint density at radius 1 is 1.37 bits per heavy atom. The van der Waals surface area contributed by atoms with Crippen molar-refractivity contribution in [1.82, 2.24) is 10.2 Å². The van der Waals surface area contributed by atoms with Crippen LogP contribution in [0.25, 0.3) is 0 Å². The van der Waals surface area contributed by atoms with Crippen molar-refractivity contribution < 1.29 is 23.5 Å². The Morgan fingerprint density at radius 2 is 2.05 bits per heavy atom. The lowest BCUT2D eigenvalue weighted by Gasteiger charge is -2.19. The van der Waals surface area contributed by atoms with Crippen molar-refractivity contribution in [2.45, 2.75) is 26.0 Å². The van der Waals surface area contributed by atoms with E-state index in [0.717, 1.165) is 0 Å². The van der Waals surface area contributed by atoms with Crippen LogP contribution in [0.5, 0.6) is 0 Å². The number of rotatable bonds is 6. The lowest BCUT2D eigenvalue weighted by molar-refractivity contribution is -0.149. The Balaban J connectivity index is 2.60. The fourth-order valence-electron chi connectivity index (χ4n) is 1.12. The number of hydrogen-bond donors (Lipinski definition) is 0. The van der Waals surface area contributed by atoms with E-state index in [1.165, 1.54) is 18.9 Å². The Kier molecular flexibility index (Phi) is 5.34. The molecule has 0 aliphatic heterocycles. The number of carbonyl (C=O) groups excluding carboxylic acids is 2. The average Bonchev–Trinajstić information content (AvgIpc) is 2.84. The van der Waals surface area contributed by atoms with Crippen molar-refractivity contribution in [2.24, 2.45) is 5.41 Å². The molecule has 19 heavy (non-hydrogen) atoms. The molecule has 0 radical (unpaired) electrons. The van der Waals surface area contributed by atoms with Crippen LogP contribution in [0, 0.1) is 5.41 Å². The van der Waals surface area contributed by atoms with Gasteiger partial charge in [-0.25, -0.2) is 4.79 Å². The van der Waals surface area contributed by atoms with E-state index in [9.17, 15) is 9.59 Å². The zero-order chi connectivity index (χ0) is 14.5. The first kappa shape index (κ1) is 15.5. The van der Waals surface area contributed by atoms with Gasteiger partial charge in [0.1, 0.15) is 0 Å². The summed E-state index contributed by atoms with van der Waals surface area (Å²) in [6, 6.07) is 0. The first-order chi connectivity index (χ1) is 8.90. The van der Waals surface area contributed by atoms with E-state index >= 15 is 0 Å². The first-order valence-corrected chi connectivity index (χ1v) is 6.61. The van der Waals surface area contributed by atoms with Crippen molar-refractivity contribution >= 4 is 23.7 Å². The van der Waals surface area contributed by atoms with Crippen molar-refractivity contribution in [3.05, 3.63) is 5.89 Å². The smallest absolute Gasteiger partial charge is 0.396 e. The van der Waals surface area contributed by atoms with Gasteiger partial charge in [-0.2, -0.15) is 0 Å². The molecule has 0 bridgehead atoms. The van der Waals surface area contributed by atoms with Gasteiger partial charge in [-0.15, -0.1) is 5.10 Å². The van der Waals surface area contributed by atoms with Crippen LogP contribution in [0.1, 0.15) is 31.5 Å². The van der Waals surface area contributed by atoms with E-state index in [1.807, 2.05) is 0 Å². The second kappa shape index (κ2) is 6.55. The lowest BCUT2D eigenvalue weighted by atomic mass is 9.97. The molecule has 1 aromatic rings. The minimum absolute atomic E-state index is 0.194. The van der Waals surface area contributed by atoms with Crippen molar-refractivity contribution in [3.8, 4) is 0 Å². The van der Waals surface area contributed by atoms with Crippen LogP contribution in [-0.4, -0.2) is 41.6 Å². The highest BCUT2D eigenvalue weighted by molar-refractivity contribution is 7.99. The Morgan fingerprint density at radius 3 is 2.63 bits per heavy atom. The molecule has 0 saturated carbocycles. The number of hydrogen-bond acceptors (Lipinski definition) is 8. The number of ether oxygens (including phenoxy) is 2. The summed E-state index contributed by atoms with van der Waals surface area (Å²) in [5.74, 6) is -0.788. The second-order valence-corrected chi connectivity index (χ2v) is 5.18. The maximum Gasteiger partial charge on any atom is 0.396 e. The molecule has 0 saturated heterocycles. The molecular formula is C11H16N2O5S. The summed E-state index contributed by atoms with van der Waals surface area (Å²) in [7, 11) is 1.33. The minimum Gasteiger partial charge on any atom is -0.469 e. The highest BCUT2D eigenvalue weighted by Gasteiger charge is 2.30. The highest BCUT2D eigenvalue weighted by atomic mass is 32.2. The van der Waals surface area contributed by atoms with Gasteiger partial charge in [-0.05, 0) is 20.8 Å². The Labute approximate surface area is 115 Å². The lowest BCUT2D eigenvalue weighted by Crippen LogP contribution is -2.28. The zero-order valence-corrected chi connectivity index (χ0v) is 12.1. The van der Waals surface area contributed by atoms with Gasteiger partial charge >= 0.3 is 17.8 Å². The summed E-state index contributed by atoms with van der Waals surface area (Å²) < 4.78 is 14.5. The summed E-state index contributed by atoms with van der Waals surface area (Å²) in [6.45, 7) is 5.41. The summed E-state index contributed by atoms with van der Waals surface area (Å²) in [5, 5.41) is 7.48. The topological polar surface area (TPSA) is 91.5 Å². The average molecular weight is 288 g/mol. The predicted octanol–water partition coefficient (Wildman–Crippen LogP) is 1.54. The zero-order valence-electron chi connectivity index (χ0n) is 11.3. The number of methoxy groups -OCH3 is 1. The monoisotopic (exact) mass is 288 g/mol. The quantitative estimate of drug-likeness (QED) is 0.575. The first-order valence-electron chi connectivity index (χ1n) is 5.62. The van der Waals surface area contributed by atoms with Crippen LogP contribution in [0.4, 0.5) is 0 Å². The normalized spacial score (nSPS) is 11.2. The third-order valence-electron chi connectivity index (χ3n) is 2.15.